The van der Waals surface area contributed by atoms with Gasteiger partial charge in [-0.05, 0) is 42.9 Å². The quantitative estimate of drug-likeness (QED) is 0.633. The van der Waals surface area contributed by atoms with Crippen LogP contribution in [0.4, 0.5) is 5.69 Å². The molecule has 30 heavy (non-hydrogen) atoms. The van der Waals surface area contributed by atoms with Gasteiger partial charge in [0.2, 0.25) is 5.91 Å². The van der Waals surface area contributed by atoms with Gasteiger partial charge >= 0.3 is 0 Å². The maximum absolute atomic E-state index is 12.5. The van der Waals surface area contributed by atoms with Crippen molar-refractivity contribution in [3.63, 3.8) is 0 Å². The molecule has 2 aliphatic rings. The first-order valence-electron chi connectivity index (χ1n) is 10.9. The molecule has 0 saturated carbocycles. The van der Waals surface area contributed by atoms with Crippen LogP contribution in [-0.2, 0) is 17.6 Å². The van der Waals surface area contributed by atoms with Crippen molar-refractivity contribution in [1.29, 1.82) is 0 Å². The van der Waals surface area contributed by atoms with Crippen molar-refractivity contribution in [2.45, 2.75) is 32.6 Å². The number of thiophene rings is 1. The number of para-hydroxylation sites is 1. The molecule has 4 rings (SSSR count). The average Bonchev–Trinajstić information content (AvgIpc) is 3.20. The topological polar surface area (TPSA) is 65.9 Å². The Morgan fingerprint density at radius 1 is 1.17 bits per heavy atom. The van der Waals surface area contributed by atoms with E-state index in [-0.39, 0.29) is 11.8 Å². The van der Waals surface area contributed by atoms with Crippen molar-refractivity contribution >= 4 is 28.8 Å². The van der Waals surface area contributed by atoms with Crippen LogP contribution in [0, 0.1) is 5.92 Å². The molecule has 7 heteroatoms. The van der Waals surface area contributed by atoms with E-state index in [0.29, 0.717) is 12.3 Å². The van der Waals surface area contributed by atoms with Gasteiger partial charge in [-0.25, -0.2) is 0 Å². The van der Waals surface area contributed by atoms with E-state index in [1.165, 1.54) is 21.0 Å². The minimum Gasteiger partial charge on any atom is -0.360 e. The lowest BCUT2D eigenvalue weighted by atomic mass is 9.88. The molecule has 0 spiro atoms. The van der Waals surface area contributed by atoms with Crippen LogP contribution in [0.1, 0.15) is 40.6 Å². The lowest BCUT2D eigenvalue weighted by molar-refractivity contribution is -0.900. The number of nitrogens with zero attached hydrogens (tertiary/aromatic N) is 1. The smallest absolute Gasteiger partial charge is 0.270 e. The van der Waals surface area contributed by atoms with E-state index in [1.807, 2.05) is 11.4 Å². The van der Waals surface area contributed by atoms with Crippen LogP contribution in [0.2, 0.25) is 0 Å². The number of hydrazine groups is 1. The van der Waals surface area contributed by atoms with Gasteiger partial charge in [0.25, 0.3) is 5.91 Å². The third kappa shape index (κ3) is 5.02. The maximum atomic E-state index is 12.5. The summed E-state index contributed by atoms with van der Waals surface area (Å²) in [4.78, 5) is 29.9. The monoisotopic (exact) mass is 427 g/mol. The number of hydrogen-bond donors (Lipinski definition) is 3. The Morgan fingerprint density at radius 2 is 1.93 bits per heavy atom. The number of carbonyl (C=O) groups is 2. The molecular weight excluding hydrogens is 396 g/mol. The second-order valence-corrected chi connectivity index (χ2v) is 9.44. The van der Waals surface area contributed by atoms with Crippen LogP contribution in [0.25, 0.3) is 0 Å². The normalized spacial score (nSPS) is 19.2. The molecule has 160 valence electrons. The minimum atomic E-state index is -0.195. The van der Waals surface area contributed by atoms with Crippen LogP contribution >= 0.6 is 11.3 Å². The summed E-state index contributed by atoms with van der Waals surface area (Å²) >= 11 is 1.67. The Morgan fingerprint density at radius 3 is 2.70 bits per heavy atom. The number of rotatable bonds is 5. The van der Waals surface area contributed by atoms with E-state index in [0.717, 1.165) is 57.5 Å². The summed E-state index contributed by atoms with van der Waals surface area (Å²) in [5, 5.41) is 1.93. The summed E-state index contributed by atoms with van der Waals surface area (Å²) in [6.45, 7) is 7.09. The number of anilines is 1. The Kier molecular flexibility index (Phi) is 6.69. The van der Waals surface area contributed by atoms with Gasteiger partial charge in [-0.2, -0.15) is 0 Å². The summed E-state index contributed by atoms with van der Waals surface area (Å²) in [5.74, 6) is 0.363. The van der Waals surface area contributed by atoms with Gasteiger partial charge in [0.1, 0.15) is 0 Å². The Hall–Kier alpha value is -2.38. The molecule has 1 fully saturated rings. The third-order valence-corrected chi connectivity index (χ3v) is 7.31. The number of piperazine rings is 1. The van der Waals surface area contributed by atoms with Gasteiger partial charge in [0.05, 0.1) is 44.7 Å². The highest BCUT2D eigenvalue weighted by molar-refractivity contribution is 7.10. The van der Waals surface area contributed by atoms with Gasteiger partial charge in [0.15, 0.2) is 0 Å². The fraction of sp³-hybridized carbons (Fsp3) is 0.478. The fourth-order valence-corrected chi connectivity index (χ4v) is 5.63. The zero-order valence-electron chi connectivity index (χ0n) is 17.6. The molecule has 1 aromatic carbocycles. The highest BCUT2D eigenvalue weighted by Gasteiger charge is 2.24. The van der Waals surface area contributed by atoms with Crippen molar-refractivity contribution in [3.8, 4) is 0 Å². The standard InChI is InChI=1S/C23H30N4O2S/c1-17-7-8-19-20(16-30-21(19)15-17)23(29)25-24-22(28)9-10-26-11-13-27(14-12-26)18-5-3-2-4-6-18/h2-6,16-17H,7-15H2,1H3,(H,24,28)(H,25,29)/p+1/t17-/m0/s1. The zero-order chi connectivity index (χ0) is 20.9. The van der Waals surface area contributed by atoms with Crippen LogP contribution in [0.5, 0.6) is 0 Å². The van der Waals surface area contributed by atoms with E-state index in [2.05, 4.69) is 46.9 Å². The molecule has 1 aromatic heterocycles. The van der Waals surface area contributed by atoms with E-state index < -0.39 is 0 Å². The average molecular weight is 428 g/mol. The summed E-state index contributed by atoms with van der Waals surface area (Å²) in [6.07, 6.45) is 3.55. The van der Waals surface area contributed by atoms with Crippen molar-refractivity contribution < 1.29 is 14.5 Å². The fourth-order valence-electron chi connectivity index (χ4n) is 4.38. The van der Waals surface area contributed by atoms with Gasteiger partial charge < -0.3 is 9.80 Å². The second-order valence-electron chi connectivity index (χ2n) is 8.47. The summed E-state index contributed by atoms with van der Waals surface area (Å²) in [7, 11) is 0. The number of nitrogens with one attached hydrogen (secondary N) is 3. The van der Waals surface area contributed by atoms with Gasteiger partial charge in [-0.3, -0.25) is 20.4 Å². The second kappa shape index (κ2) is 9.62. The van der Waals surface area contributed by atoms with E-state index in [9.17, 15) is 9.59 Å². The number of carbonyl (C=O) groups excluding carboxylic acids is 2. The van der Waals surface area contributed by atoms with Gasteiger partial charge in [0, 0.05) is 15.9 Å². The molecule has 3 N–H and O–H groups in total. The molecule has 1 aliphatic heterocycles. The first kappa shape index (κ1) is 20.9. The lowest BCUT2D eigenvalue weighted by Crippen LogP contribution is -3.15. The summed E-state index contributed by atoms with van der Waals surface area (Å²) < 4.78 is 0. The summed E-state index contributed by atoms with van der Waals surface area (Å²) in [5.41, 5.74) is 8.38. The van der Waals surface area contributed by atoms with Gasteiger partial charge in [-0.15, -0.1) is 11.3 Å². The van der Waals surface area contributed by atoms with Crippen molar-refractivity contribution in [2.24, 2.45) is 5.92 Å². The van der Waals surface area contributed by atoms with E-state index in [4.69, 9.17) is 0 Å². The molecule has 1 atom stereocenters. The summed E-state index contributed by atoms with van der Waals surface area (Å²) in [6, 6.07) is 10.5. The molecule has 1 saturated heterocycles. The van der Waals surface area contributed by atoms with Crippen LogP contribution < -0.4 is 20.7 Å². The van der Waals surface area contributed by atoms with E-state index in [1.54, 1.807) is 11.3 Å². The van der Waals surface area contributed by atoms with Crippen LogP contribution in [0.15, 0.2) is 35.7 Å². The molecule has 0 radical (unpaired) electrons. The zero-order valence-corrected chi connectivity index (χ0v) is 18.4. The molecule has 6 nitrogen and oxygen atoms in total. The number of amides is 2. The number of quaternary nitrogens is 1. The SMILES string of the molecule is C[C@H]1CCc2c(C(=O)NNC(=O)CC[NH+]3CCN(c4ccccc4)CC3)csc2C1. The molecule has 0 bridgehead atoms. The van der Waals surface area contributed by atoms with Crippen LogP contribution in [-0.4, -0.2) is 44.5 Å². The molecule has 2 aromatic rings. The highest BCUT2D eigenvalue weighted by atomic mass is 32.1. The lowest BCUT2D eigenvalue weighted by Gasteiger charge is -2.33. The molecule has 1 aliphatic carbocycles. The van der Waals surface area contributed by atoms with Crippen molar-refractivity contribution in [2.75, 3.05) is 37.6 Å². The first-order chi connectivity index (χ1) is 14.6. The number of fused-ring (bicyclic) bond motifs is 1. The van der Waals surface area contributed by atoms with Gasteiger partial charge in [-0.1, -0.05) is 25.1 Å². The highest BCUT2D eigenvalue weighted by Crippen LogP contribution is 2.32. The maximum Gasteiger partial charge on any atom is 0.270 e. The van der Waals surface area contributed by atoms with E-state index >= 15 is 0 Å². The Labute approximate surface area is 182 Å². The van der Waals surface area contributed by atoms with Crippen molar-refractivity contribution in [3.05, 3.63) is 51.7 Å². The first-order valence-corrected chi connectivity index (χ1v) is 11.8. The molecule has 2 heterocycles. The number of benzene rings is 1. The minimum absolute atomic E-state index is 0.126. The predicted molar refractivity (Wildman–Crippen MR) is 120 cm³/mol. The Balaban J connectivity index is 1.18. The van der Waals surface area contributed by atoms with Crippen molar-refractivity contribution in [1.82, 2.24) is 10.9 Å². The van der Waals surface area contributed by atoms with Crippen LogP contribution in [0.3, 0.4) is 0 Å². The molecule has 0 unspecified atom stereocenters. The third-order valence-electron chi connectivity index (χ3n) is 6.26. The largest absolute Gasteiger partial charge is 0.360 e. The molecule has 2 amide bonds. The number of hydrogen-bond acceptors (Lipinski definition) is 4. The Bertz CT molecular complexity index is 875. The molecular formula is C23H31N4O2S+. The predicted octanol–water partition coefficient (Wildman–Crippen LogP) is 1.43.